The van der Waals surface area contributed by atoms with Crippen molar-refractivity contribution in [2.45, 2.75) is 51.4 Å². The molecule has 0 radical (unpaired) electrons. The summed E-state index contributed by atoms with van der Waals surface area (Å²) in [6.07, 6.45) is 8.68. The molecule has 1 aromatic carbocycles. The number of carbonyl (C=O) groups is 2. The van der Waals surface area contributed by atoms with Gasteiger partial charge in [-0.05, 0) is 30.9 Å². The lowest BCUT2D eigenvalue weighted by Gasteiger charge is -2.25. The summed E-state index contributed by atoms with van der Waals surface area (Å²) in [5, 5.41) is 0.129. The second-order valence-electron chi connectivity index (χ2n) is 7.67. The van der Waals surface area contributed by atoms with Crippen LogP contribution in [0.25, 0.3) is 0 Å². The van der Waals surface area contributed by atoms with Crippen molar-refractivity contribution in [3.05, 3.63) is 34.6 Å². The lowest BCUT2D eigenvalue weighted by Crippen LogP contribution is -2.37. The highest BCUT2D eigenvalue weighted by molar-refractivity contribution is 6.33. The fourth-order valence-corrected chi connectivity index (χ4v) is 4.44. The van der Waals surface area contributed by atoms with Gasteiger partial charge in [-0.15, -0.1) is 0 Å². The minimum Gasteiger partial charge on any atom is -0.341 e. The molecule has 1 aliphatic carbocycles. The molecule has 0 spiro atoms. The van der Waals surface area contributed by atoms with E-state index in [1.54, 1.807) is 4.90 Å². The summed E-state index contributed by atoms with van der Waals surface area (Å²) < 4.78 is 14.0. The van der Waals surface area contributed by atoms with Crippen molar-refractivity contribution in [1.82, 2.24) is 9.80 Å². The number of benzene rings is 1. The first-order valence-corrected chi connectivity index (χ1v) is 10.4. The van der Waals surface area contributed by atoms with Crippen LogP contribution < -0.4 is 0 Å². The summed E-state index contributed by atoms with van der Waals surface area (Å²) in [4.78, 5) is 28.8. The van der Waals surface area contributed by atoms with Crippen LogP contribution in [0.15, 0.2) is 18.2 Å². The molecular formula is C21H28ClFN2O2. The van der Waals surface area contributed by atoms with Crippen molar-refractivity contribution in [3.63, 3.8) is 0 Å². The maximum Gasteiger partial charge on any atom is 0.258 e. The Morgan fingerprint density at radius 3 is 2.44 bits per heavy atom. The SMILES string of the molecule is O=C(CCC1CCCCC1)N1CCCN(C(=O)c2c(F)cccc2Cl)CC1. The predicted molar refractivity (Wildman–Crippen MR) is 104 cm³/mol. The van der Waals surface area contributed by atoms with Gasteiger partial charge >= 0.3 is 0 Å². The third kappa shape index (κ3) is 5.22. The molecule has 2 aliphatic rings. The first-order chi connectivity index (χ1) is 13.1. The van der Waals surface area contributed by atoms with Crippen LogP contribution in [0, 0.1) is 11.7 Å². The molecule has 0 atom stereocenters. The fraction of sp³-hybridized carbons (Fsp3) is 0.619. The topological polar surface area (TPSA) is 40.6 Å². The molecule has 0 aromatic heterocycles. The van der Waals surface area contributed by atoms with Crippen LogP contribution in [0.5, 0.6) is 0 Å². The zero-order valence-electron chi connectivity index (χ0n) is 15.8. The number of amides is 2. The van der Waals surface area contributed by atoms with E-state index in [1.165, 1.54) is 50.3 Å². The van der Waals surface area contributed by atoms with E-state index in [4.69, 9.17) is 11.6 Å². The third-order valence-electron chi connectivity index (χ3n) is 5.80. The first kappa shape index (κ1) is 20.1. The van der Waals surface area contributed by atoms with Gasteiger partial charge in [-0.1, -0.05) is 49.8 Å². The highest BCUT2D eigenvalue weighted by Gasteiger charge is 2.26. The van der Waals surface area contributed by atoms with Crippen LogP contribution in [-0.2, 0) is 4.79 Å². The maximum atomic E-state index is 14.0. The second kappa shape index (κ2) is 9.54. The molecule has 6 heteroatoms. The Hall–Kier alpha value is -1.62. The molecule has 4 nitrogen and oxygen atoms in total. The maximum absolute atomic E-state index is 14.0. The second-order valence-corrected chi connectivity index (χ2v) is 8.07. The summed E-state index contributed by atoms with van der Waals surface area (Å²) in [7, 11) is 0. The van der Waals surface area contributed by atoms with Gasteiger partial charge in [0, 0.05) is 32.6 Å². The molecule has 2 fully saturated rings. The van der Waals surface area contributed by atoms with Crippen molar-refractivity contribution in [1.29, 1.82) is 0 Å². The molecule has 0 bridgehead atoms. The van der Waals surface area contributed by atoms with Crippen LogP contribution in [0.4, 0.5) is 4.39 Å². The summed E-state index contributed by atoms with van der Waals surface area (Å²) in [6.45, 7) is 2.08. The Bertz CT molecular complexity index is 656. The van der Waals surface area contributed by atoms with Gasteiger partial charge in [0.2, 0.25) is 5.91 Å². The average molecular weight is 395 g/mol. The van der Waals surface area contributed by atoms with Gasteiger partial charge in [0.05, 0.1) is 10.6 Å². The highest BCUT2D eigenvalue weighted by atomic mass is 35.5. The van der Waals surface area contributed by atoms with Crippen LogP contribution in [0.3, 0.4) is 0 Å². The molecule has 1 aliphatic heterocycles. The summed E-state index contributed by atoms with van der Waals surface area (Å²) in [5.41, 5.74) is -0.0729. The highest BCUT2D eigenvalue weighted by Crippen LogP contribution is 2.27. The Kier molecular flexibility index (Phi) is 7.11. The Labute approximate surface area is 165 Å². The lowest BCUT2D eigenvalue weighted by molar-refractivity contribution is -0.131. The Balaban J connectivity index is 1.53. The first-order valence-electron chi connectivity index (χ1n) is 10.1. The van der Waals surface area contributed by atoms with Crippen molar-refractivity contribution in [3.8, 4) is 0 Å². The molecule has 2 amide bonds. The molecule has 1 heterocycles. The number of nitrogens with zero attached hydrogens (tertiary/aromatic N) is 2. The molecule has 0 unspecified atom stereocenters. The quantitative estimate of drug-likeness (QED) is 0.753. The van der Waals surface area contributed by atoms with Gasteiger partial charge < -0.3 is 9.80 Å². The van der Waals surface area contributed by atoms with E-state index < -0.39 is 11.7 Å². The van der Waals surface area contributed by atoms with E-state index in [9.17, 15) is 14.0 Å². The van der Waals surface area contributed by atoms with E-state index in [0.717, 1.165) is 6.42 Å². The molecule has 1 aromatic rings. The van der Waals surface area contributed by atoms with Crippen molar-refractivity contribution < 1.29 is 14.0 Å². The molecule has 1 saturated heterocycles. The van der Waals surface area contributed by atoms with Crippen LogP contribution in [0.2, 0.25) is 5.02 Å². The van der Waals surface area contributed by atoms with Crippen LogP contribution >= 0.6 is 11.6 Å². The minimum absolute atomic E-state index is 0.0729. The normalized spacial score (nSPS) is 19.0. The standard InChI is InChI=1S/C21H28ClFN2O2/c22-17-8-4-9-18(23)20(17)21(27)25-13-5-12-24(14-15-25)19(26)11-10-16-6-2-1-3-7-16/h4,8-9,16H,1-3,5-7,10-15H2. The van der Waals surface area contributed by atoms with Crippen molar-refractivity contribution in [2.75, 3.05) is 26.2 Å². The largest absolute Gasteiger partial charge is 0.341 e. The number of carbonyl (C=O) groups excluding carboxylic acids is 2. The van der Waals surface area contributed by atoms with Gasteiger partial charge in [0.25, 0.3) is 5.91 Å². The van der Waals surface area contributed by atoms with Gasteiger partial charge in [-0.3, -0.25) is 9.59 Å². The molecule has 27 heavy (non-hydrogen) atoms. The van der Waals surface area contributed by atoms with Gasteiger partial charge in [0.1, 0.15) is 5.82 Å². The Morgan fingerprint density at radius 1 is 1.00 bits per heavy atom. The summed E-state index contributed by atoms with van der Waals surface area (Å²) in [5.74, 6) is -0.124. The fourth-order valence-electron chi connectivity index (χ4n) is 4.19. The summed E-state index contributed by atoms with van der Waals surface area (Å²) >= 11 is 6.03. The zero-order valence-corrected chi connectivity index (χ0v) is 16.5. The van der Waals surface area contributed by atoms with Crippen LogP contribution in [-0.4, -0.2) is 47.8 Å². The van der Waals surface area contributed by atoms with E-state index in [-0.39, 0.29) is 16.5 Å². The number of hydrogen-bond donors (Lipinski definition) is 0. The number of rotatable bonds is 4. The molecule has 0 N–H and O–H groups in total. The van der Waals surface area contributed by atoms with Gasteiger partial charge in [-0.25, -0.2) is 4.39 Å². The predicted octanol–water partition coefficient (Wildman–Crippen LogP) is 4.51. The molecule has 3 rings (SSSR count). The van der Waals surface area contributed by atoms with Crippen LogP contribution in [0.1, 0.15) is 61.7 Å². The smallest absolute Gasteiger partial charge is 0.258 e. The van der Waals surface area contributed by atoms with E-state index in [2.05, 4.69) is 0 Å². The van der Waals surface area contributed by atoms with Crippen molar-refractivity contribution in [2.24, 2.45) is 5.92 Å². The third-order valence-corrected chi connectivity index (χ3v) is 6.12. The zero-order chi connectivity index (χ0) is 19.2. The van der Waals surface area contributed by atoms with E-state index >= 15 is 0 Å². The minimum atomic E-state index is -0.600. The molecule has 1 saturated carbocycles. The number of hydrogen-bond acceptors (Lipinski definition) is 2. The van der Waals surface area contributed by atoms with Gasteiger partial charge in [0.15, 0.2) is 0 Å². The lowest BCUT2D eigenvalue weighted by atomic mass is 9.86. The summed E-state index contributed by atoms with van der Waals surface area (Å²) in [6, 6.07) is 4.26. The Morgan fingerprint density at radius 2 is 1.70 bits per heavy atom. The van der Waals surface area contributed by atoms with E-state index in [0.29, 0.717) is 44.9 Å². The number of halogens is 2. The average Bonchev–Trinajstić information content (AvgIpc) is 2.93. The van der Waals surface area contributed by atoms with Crippen molar-refractivity contribution >= 4 is 23.4 Å². The molecular weight excluding hydrogens is 367 g/mol. The van der Waals surface area contributed by atoms with Gasteiger partial charge in [-0.2, -0.15) is 0 Å². The monoisotopic (exact) mass is 394 g/mol. The van der Waals surface area contributed by atoms with E-state index in [1.807, 2.05) is 4.90 Å². The molecule has 148 valence electrons.